The number of carbonyl (C=O) groups is 3. The van der Waals surface area contributed by atoms with Gasteiger partial charge in [-0.15, -0.1) is 0 Å². The second-order valence-electron chi connectivity index (χ2n) is 6.19. The summed E-state index contributed by atoms with van der Waals surface area (Å²) >= 11 is 0. The van der Waals surface area contributed by atoms with Gasteiger partial charge < -0.3 is 9.64 Å². The van der Waals surface area contributed by atoms with Crippen molar-refractivity contribution < 1.29 is 19.1 Å². The summed E-state index contributed by atoms with van der Waals surface area (Å²) in [4.78, 5) is 39.5. The molecule has 3 rings (SSSR count). The van der Waals surface area contributed by atoms with Gasteiger partial charge in [0.1, 0.15) is 12.6 Å². The third-order valence-corrected chi connectivity index (χ3v) is 4.27. The fourth-order valence-electron chi connectivity index (χ4n) is 2.89. The Balaban J connectivity index is 1.70. The van der Waals surface area contributed by atoms with Crippen molar-refractivity contribution in [2.75, 3.05) is 6.54 Å². The second-order valence-corrected chi connectivity index (χ2v) is 6.19. The Labute approximate surface area is 152 Å². The molecule has 6 nitrogen and oxygen atoms in total. The number of ether oxygens (including phenoxy) is 1. The lowest BCUT2D eigenvalue weighted by molar-refractivity contribution is -0.120. The summed E-state index contributed by atoms with van der Waals surface area (Å²) in [5, 5.41) is 0. The van der Waals surface area contributed by atoms with Crippen LogP contribution in [0.4, 0.5) is 9.59 Å². The van der Waals surface area contributed by atoms with Gasteiger partial charge in [0.05, 0.1) is 6.54 Å². The number of Topliss-reactive ketones (excluding diaryl/α,β-unsaturated/α-hetero) is 1. The summed E-state index contributed by atoms with van der Waals surface area (Å²) in [7, 11) is 0. The van der Waals surface area contributed by atoms with Gasteiger partial charge in [0.2, 0.25) is 0 Å². The van der Waals surface area contributed by atoms with E-state index in [0.29, 0.717) is 6.54 Å². The first kappa shape index (κ1) is 17.7. The zero-order valence-electron chi connectivity index (χ0n) is 14.5. The van der Waals surface area contributed by atoms with Crippen molar-refractivity contribution in [2.24, 2.45) is 0 Å². The quantitative estimate of drug-likeness (QED) is 0.829. The maximum Gasteiger partial charge on any atom is 0.419 e. The van der Waals surface area contributed by atoms with Crippen molar-refractivity contribution >= 4 is 17.9 Å². The lowest BCUT2D eigenvalue weighted by Crippen LogP contribution is -2.43. The van der Waals surface area contributed by atoms with Gasteiger partial charge in [0.25, 0.3) is 0 Å². The van der Waals surface area contributed by atoms with Crippen LogP contribution in [0.15, 0.2) is 60.7 Å². The van der Waals surface area contributed by atoms with Crippen molar-refractivity contribution in [3.8, 4) is 0 Å². The Morgan fingerprint density at radius 3 is 2.15 bits per heavy atom. The molecule has 1 aliphatic rings. The van der Waals surface area contributed by atoms with Crippen LogP contribution in [0.2, 0.25) is 0 Å². The Morgan fingerprint density at radius 2 is 1.58 bits per heavy atom. The average molecular weight is 352 g/mol. The number of benzene rings is 2. The molecule has 2 aromatic carbocycles. The van der Waals surface area contributed by atoms with E-state index in [1.165, 1.54) is 11.8 Å². The average Bonchev–Trinajstić information content (AvgIpc) is 2.98. The van der Waals surface area contributed by atoms with Crippen LogP contribution in [0.5, 0.6) is 0 Å². The third-order valence-electron chi connectivity index (χ3n) is 4.27. The first-order chi connectivity index (χ1) is 12.6. The van der Waals surface area contributed by atoms with Crippen LogP contribution in [-0.4, -0.2) is 40.3 Å². The molecular formula is C20H20N2O4. The highest BCUT2D eigenvalue weighted by atomic mass is 16.6. The van der Waals surface area contributed by atoms with E-state index < -0.39 is 18.2 Å². The van der Waals surface area contributed by atoms with Crippen LogP contribution in [0.25, 0.3) is 0 Å². The summed E-state index contributed by atoms with van der Waals surface area (Å²) in [6, 6.07) is 17.3. The molecule has 26 heavy (non-hydrogen) atoms. The second kappa shape index (κ2) is 7.82. The summed E-state index contributed by atoms with van der Waals surface area (Å²) < 4.78 is 5.25. The molecule has 1 aliphatic heterocycles. The molecule has 1 saturated heterocycles. The van der Waals surface area contributed by atoms with Crippen molar-refractivity contribution in [3.63, 3.8) is 0 Å². The molecule has 0 saturated carbocycles. The van der Waals surface area contributed by atoms with Crippen LogP contribution < -0.4 is 0 Å². The number of imide groups is 1. The number of carbonyl (C=O) groups excluding carboxylic acids is 3. The molecule has 0 bridgehead atoms. The summed E-state index contributed by atoms with van der Waals surface area (Å²) in [5.74, 6) is -0.245. The highest BCUT2D eigenvalue weighted by Crippen LogP contribution is 2.21. The highest BCUT2D eigenvalue weighted by molar-refractivity contribution is 6.00. The maximum absolute atomic E-state index is 12.7. The standard InChI is InChI=1S/C20H20N2O4/c1-15(23)18-13-21(12-16-8-4-2-5-9-16)19(24)22(18)20(25)26-14-17-10-6-3-7-11-17/h2-11,18H,12-14H2,1H3/t18-/m0/s1. The topological polar surface area (TPSA) is 66.9 Å². The molecule has 134 valence electrons. The molecule has 1 heterocycles. The minimum absolute atomic E-state index is 0.0484. The number of hydrogen-bond donors (Lipinski definition) is 0. The van der Waals surface area contributed by atoms with Crippen LogP contribution in [0.1, 0.15) is 18.1 Å². The van der Waals surface area contributed by atoms with E-state index in [9.17, 15) is 14.4 Å². The molecule has 1 fully saturated rings. The molecule has 0 unspecified atom stereocenters. The maximum atomic E-state index is 12.7. The van der Waals surface area contributed by atoms with E-state index in [1.807, 2.05) is 60.7 Å². The monoisotopic (exact) mass is 352 g/mol. The lowest BCUT2D eigenvalue weighted by Gasteiger charge is -2.19. The van der Waals surface area contributed by atoms with Crippen molar-refractivity contribution in [1.29, 1.82) is 0 Å². The highest BCUT2D eigenvalue weighted by Gasteiger charge is 2.44. The number of rotatable bonds is 5. The molecule has 0 aromatic heterocycles. The van der Waals surface area contributed by atoms with Gasteiger partial charge in [0, 0.05) is 6.54 Å². The number of ketones is 1. The van der Waals surface area contributed by atoms with Gasteiger partial charge in [-0.2, -0.15) is 0 Å². The molecule has 0 N–H and O–H groups in total. The Morgan fingerprint density at radius 1 is 1.00 bits per heavy atom. The molecular weight excluding hydrogens is 332 g/mol. The van der Waals surface area contributed by atoms with E-state index in [2.05, 4.69) is 0 Å². The van der Waals surface area contributed by atoms with Crippen LogP contribution in [0, 0.1) is 0 Å². The number of hydrogen-bond acceptors (Lipinski definition) is 4. The Kier molecular flexibility index (Phi) is 5.31. The Bertz CT molecular complexity index is 792. The molecule has 0 radical (unpaired) electrons. The first-order valence-electron chi connectivity index (χ1n) is 8.39. The van der Waals surface area contributed by atoms with Gasteiger partial charge in [-0.25, -0.2) is 14.5 Å². The van der Waals surface area contributed by atoms with Crippen LogP contribution in [0.3, 0.4) is 0 Å². The minimum atomic E-state index is -0.825. The fourth-order valence-corrected chi connectivity index (χ4v) is 2.89. The van der Waals surface area contributed by atoms with Crippen molar-refractivity contribution in [3.05, 3.63) is 71.8 Å². The third kappa shape index (κ3) is 3.91. The number of amides is 3. The van der Waals surface area contributed by atoms with E-state index in [1.54, 1.807) is 0 Å². The lowest BCUT2D eigenvalue weighted by atomic mass is 10.2. The van der Waals surface area contributed by atoms with Gasteiger partial charge in [-0.05, 0) is 18.1 Å². The van der Waals surface area contributed by atoms with Crippen LogP contribution in [-0.2, 0) is 22.7 Å². The van der Waals surface area contributed by atoms with E-state index in [0.717, 1.165) is 16.0 Å². The summed E-state index contributed by atoms with van der Waals surface area (Å²) in [6.07, 6.45) is -0.797. The van der Waals surface area contributed by atoms with E-state index in [4.69, 9.17) is 4.74 Å². The molecule has 6 heteroatoms. The Hall–Kier alpha value is -3.15. The van der Waals surface area contributed by atoms with Crippen LogP contribution >= 0.6 is 0 Å². The smallest absolute Gasteiger partial charge is 0.419 e. The van der Waals surface area contributed by atoms with Crippen molar-refractivity contribution in [1.82, 2.24) is 9.80 Å². The zero-order chi connectivity index (χ0) is 18.5. The number of urea groups is 1. The largest absolute Gasteiger partial charge is 0.444 e. The molecule has 0 spiro atoms. The minimum Gasteiger partial charge on any atom is -0.444 e. The van der Waals surface area contributed by atoms with E-state index in [-0.39, 0.29) is 18.9 Å². The predicted octanol–water partition coefficient (Wildman–Crippen LogP) is 3.22. The fraction of sp³-hybridized carbons (Fsp3) is 0.250. The molecule has 1 atom stereocenters. The van der Waals surface area contributed by atoms with Gasteiger partial charge in [0.15, 0.2) is 5.78 Å². The first-order valence-corrected chi connectivity index (χ1v) is 8.39. The number of nitrogens with zero attached hydrogens (tertiary/aromatic N) is 2. The van der Waals surface area contributed by atoms with Gasteiger partial charge in [-0.1, -0.05) is 60.7 Å². The van der Waals surface area contributed by atoms with Crippen molar-refractivity contribution in [2.45, 2.75) is 26.1 Å². The predicted molar refractivity (Wildman–Crippen MR) is 95.2 cm³/mol. The SMILES string of the molecule is CC(=O)[C@@H]1CN(Cc2ccccc2)C(=O)N1C(=O)OCc1ccccc1. The van der Waals surface area contributed by atoms with Gasteiger partial charge in [-0.3, -0.25) is 4.79 Å². The normalized spacial score (nSPS) is 16.7. The summed E-state index contributed by atoms with van der Waals surface area (Å²) in [5.41, 5.74) is 1.75. The molecule has 3 amide bonds. The molecule has 0 aliphatic carbocycles. The summed E-state index contributed by atoms with van der Waals surface area (Å²) in [6.45, 7) is 1.93. The zero-order valence-corrected chi connectivity index (χ0v) is 14.5. The van der Waals surface area contributed by atoms with E-state index >= 15 is 0 Å². The molecule has 2 aromatic rings. The van der Waals surface area contributed by atoms with Gasteiger partial charge >= 0.3 is 12.1 Å².